The number of nitrogens with zero attached hydrogens (tertiary/aromatic N) is 2. The molecule has 1 fully saturated rings. The molecule has 1 aliphatic rings. The third-order valence-corrected chi connectivity index (χ3v) is 3.38. The van der Waals surface area contributed by atoms with Gasteiger partial charge < -0.3 is 14.7 Å². The van der Waals surface area contributed by atoms with Gasteiger partial charge in [0, 0.05) is 19.0 Å². The lowest BCUT2D eigenvalue weighted by atomic mass is 9.95. The predicted octanol–water partition coefficient (Wildman–Crippen LogP) is 2.29. The van der Waals surface area contributed by atoms with E-state index in [1.165, 1.54) is 0 Å². The molecule has 1 aromatic carbocycles. The van der Waals surface area contributed by atoms with Crippen molar-refractivity contribution in [2.75, 3.05) is 24.6 Å². The maximum absolute atomic E-state index is 11.3. The van der Waals surface area contributed by atoms with Crippen LogP contribution in [0, 0.1) is 16.0 Å². The Labute approximate surface area is 122 Å². The smallest absolute Gasteiger partial charge is 0.333 e. The second kappa shape index (κ2) is 6.43. The van der Waals surface area contributed by atoms with E-state index in [9.17, 15) is 14.9 Å². The van der Waals surface area contributed by atoms with Gasteiger partial charge in [-0.3, -0.25) is 14.9 Å². The topological polar surface area (TPSA) is 92.9 Å². The number of benzene rings is 1. The molecule has 0 atom stereocenters. The van der Waals surface area contributed by atoms with Crippen LogP contribution in [0.5, 0.6) is 5.75 Å². The van der Waals surface area contributed by atoms with Gasteiger partial charge in [-0.1, -0.05) is 13.0 Å². The van der Waals surface area contributed by atoms with Crippen LogP contribution in [0.4, 0.5) is 11.4 Å². The van der Waals surface area contributed by atoms with Crippen molar-refractivity contribution in [2.45, 2.75) is 19.8 Å². The van der Waals surface area contributed by atoms with Crippen LogP contribution >= 0.6 is 0 Å². The van der Waals surface area contributed by atoms with E-state index < -0.39 is 10.9 Å². The number of hydrogen-bond acceptors (Lipinski definition) is 5. The van der Waals surface area contributed by atoms with E-state index >= 15 is 0 Å². The van der Waals surface area contributed by atoms with E-state index in [0.29, 0.717) is 25.4 Å². The van der Waals surface area contributed by atoms with Crippen LogP contribution in [0.2, 0.25) is 0 Å². The summed E-state index contributed by atoms with van der Waals surface area (Å²) in [7, 11) is 0. The molecule has 114 valence electrons. The van der Waals surface area contributed by atoms with E-state index in [1.807, 2.05) is 11.8 Å². The van der Waals surface area contributed by atoms with Gasteiger partial charge in [-0.15, -0.1) is 0 Å². The Kier molecular flexibility index (Phi) is 4.62. The zero-order valence-electron chi connectivity index (χ0n) is 11.8. The number of carboxylic acid groups (broad SMARTS) is 1. The maximum atomic E-state index is 11.3. The maximum Gasteiger partial charge on any atom is 0.333 e. The van der Waals surface area contributed by atoms with Gasteiger partial charge in [0.2, 0.25) is 0 Å². The van der Waals surface area contributed by atoms with E-state index in [1.54, 1.807) is 18.2 Å². The molecule has 1 aromatic rings. The second-order valence-electron chi connectivity index (χ2n) is 5.10. The minimum absolute atomic E-state index is 0.0419. The molecule has 0 aliphatic carbocycles. The number of aliphatic carboxylic acids is 1. The zero-order chi connectivity index (χ0) is 15.4. The second-order valence-corrected chi connectivity index (χ2v) is 5.10. The van der Waals surface area contributed by atoms with Crippen molar-refractivity contribution < 1.29 is 19.6 Å². The van der Waals surface area contributed by atoms with Crippen LogP contribution < -0.4 is 9.64 Å². The van der Waals surface area contributed by atoms with Crippen LogP contribution in [0.15, 0.2) is 18.2 Å². The summed E-state index contributed by atoms with van der Waals surface area (Å²) in [5.74, 6) is -0.530. The Balaban J connectivity index is 2.16. The van der Waals surface area contributed by atoms with Gasteiger partial charge in [-0.05, 0) is 18.6 Å². The fourth-order valence-corrected chi connectivity index (χ4v) is 2.42. The van der Waals surface area contributed by atoms with Crippen LogP contribution in [0.1, 0.15) is 19.8 Å². The number of nitro benzene ring substituents is 1. The average molecular weight is 294 g/mol. The lowest BCUT2D eigenvalue weighted by Gasteiger charge is -2.40. The molecule has 0 saturated carbocycles. The molecule has 1 aliphatic heterocycles. The highest BCUT2D eigenvalue weighted by atomic mass is 16.6. The number of ether oxygens (including phenoxy) is 1. The van der Waals surface area contributed by atoms with Gasteiger partial charge in [-0.25, -0.2) is 0 Å². The summed E-state index contributed by atoms with van der Waals surface area (Å²) in [6, 6.07) is 4.98. The van der Waals surface area contributed by atoms with Gasteiger partial charge in [-0.2, -0.15) is 0 Å². The highest BCUT2D eigenvalue weighted by Gasteiger charge is 2.34. The predicted molar refractivity (Wildman–Crippen MR) is 76.8 cm³/mol. The number of anilines is 1. The summed E-state index contributed by atoms with van der Waals surface area (Å²) in [6.07, 6.45) is 0.863. The number of nitro groups is 1. The summed E-state index contributed by atoms with van der Waals surface area (Å²) in [6.45, 7) is 3.39. The number of rotatable bonds is 7. The fourth-order valence-electron chi connectivity index (χ4n) is 2.42. The van der Waals surface area contributed by atoms with E-state index in [0.717, 1.165) is 6.42 Å². The van der Waals surface area contributed by atoms with Crippen LogP contribution in [-0.2, 0) is 4.79 Å². The Bertz CT molecular complexity index is 540. The first-order valence-electron chi connectivity index (χ1n) is 6.89. The summed E-state index contributed by atoms with van der Waals surface area (Å²) in [4.78, 5) is 23.3. The van der Waals surface area contributed by atoms with Crippen molar-refractivity contribution in [1.29, 1.82) is 0 Å². The van der Waals surface area contributed by atoms with Crippen molar-refractivity contribution in [3.05, 3.63) is 28.3 Å². The molecule has 7 nitrogen and oxygen atoms in total. The van der Waals surface area contributed by atoms with Crippen molar-refractivity contribution in [2.24, 2.45) is 5.92 Å². The van der Waals surface area contributed by atoms with Crippen LogP contribution in [0.25, 0.3) is 0 Å². The summed E-state index contributed by atoms with van der Waals surface area (Å²) in [5.41, 5.74) is 0.454. The average Bonchev–Trinajstić information content (AvgIpc) is 2.39. The summed E-state index contributed by atoms with van der Waals surface area (Å²) >= 11 is 0. The number of hydrogen-bond donors (Lipinski definition) is 1. The van der Waals surface area contributed by atoms with Crippen molar-refractivity contribution in [3.63, 3.8) is 0 Å². The molecule has 0 radical (unpaired) electrons. The Hall–Kier alpha value is -2.31. The lowest BCUT2D eigenvalue weighted by Crippen LogP contribution is -2.47. The SMILES string of the molecule is CCCOc1cccc(N2CC(CC(=O)O)C2)c1[N+](=O)[O-]. The third-order valence-electron chi connectivity index (χ3n) is 3.38. The van der Waals surface area contributed by atoms with Gasteiger partial charge in [0.25, 0.3) is 0 Å². The Morgan fingerprint density at radius 2 is 2.24 bits per heavy atom. The first-order valence-corrected chi connectivity index (χ1v) is 6.89. The van der Waals surface area contributed by atoms with Crippen molar-refractivity contribution >= 4 is 17.3 Å². The lowest BCUT2D eigenvalue weighted by molar-refractivity contribution is -0.385. The minimum Gasteiger partial charge on any atom is -0.487 e. The van der Waals surface area contributed by atoms with Crippen molar-refractivity contribution in [1.82, 2.24) is 0 Å². The normalized spacial score (nSPS) is 14.6. The molecule has 0 spiro atoms. The molecule has 0 bridgehead atoms. The first-order chi connectivity index (χ1) is 10.0. The molecule has 2 rings (SSSR count). The zero-order valence-corrected chi connectivity index (χ0v) is 11.8. The Morgan fingerprint density at radius 1 is 1.52 bits per heavy atom. The molecule has 1 N–H and O–H groups in total. The van der Waals surface area contributed by atoms with Gasteiger partial charge in [0.15, 0.2) is 5.75 Å². The van der Waals surface area contributed by atoms with E-state index in [4.69, 9.17) is 9.84 Å². The molecular formula is C14H18N2O5. The fraction of sp³-hybridized carbons (Fsp3) is 0.500. The van der Waals surface area contributed by atoms with E-state index in [2.05, 4.69) is 0 Å². The number of carboxylic acids is 1. The Morgan fingerprint density at radius 3 is 2.81 bits per heavy atom. The van der Waals surface area contributed by atoms with E-state index in [-0.39, 0.29) is 23.8 Å². The summed E-state index contributed by atoms with van der Waals surface area (Å²) in [5, 5.41) is 20.1. The largest absolute Gasteiger partial charge is 0.487 e. The van der Waals surface area contributed by atoms with Crippen LogP contribution in [0.3, 0.4) is 0 Å². The number of carbonyl (C=O) groups is 1. The quantitative estimate of drug-likeness (QED) is 0.612. The van der Waals surface area contributed by atoms with Crippen molar-refractivity contribution in [3.8, 4) is 5.75 Å². The first kappa shape index (κ1) is 15.1. The molecule has 0 unspecified atom stereocenters. The van der Waals surface area contributed by atoms with Crippen LogP contribution in [-0.4, -0.2) is 35.7 Å². The van der Waals surface area contributed by atoms with Gasteiger partial charge in [0.05, 0.1) is 18.0 Å². The highest BCUT2D eigenvalue weighted by Crippen LogP contribution is 2.40. The monoisotopic (exact) mass is 294 g/mol. The molecule has 7 heteroatoms. The molecule has 0 aromatic heterocycles. The molecule has 1 heterocycles. The number of para-hydroxylation sites is 1. The minimum atomic E-state index is -0.839. The van der Waals surface area contributed by atoms with Gasteiger partial charge >= 0.3 is 11.7 Å². The third kappa shape index (κ3) is 3.42. The standard InChI is InChI=1S/C14H18N2O5/c1-2-6-21-12-5-3-4-11(14(12)16(19)20)15-8-10(9-15)7-13(17)18/h3-5,10H,2,6-9H2,1H3,(H,17,18). The molecule has 0 amide bonds. The van der Waals surface area contributed by atoms with Gasteiger partial charge in [0.1, 0.15) is 5.69 Å². The molecular weight excluding hydrogens is 276 g/mol. The molecule has 21 heavy (non-hydrogen) atoms. The molecule has 1 saturated heterocycles. The summed E-state index contributed by atoms with van der Waals surface area (Å²) < 4.78 is 5.44. The highest BCUT2D eigenvalue weighted by molar-refractivity contribution is 5.72.